The summed E-state index contributed by atoms with van der Waals surface area (Å²) < 4.78 is 5.62. The van der Waals surface area contributed by atoms with E-state index in [9.17, 15) is 4.79 Å². The number of rotatable bonds is 4. The van der Waals surface area contributed by atoms with Crippen LogP contribution < -0.4 is 9.64 Å². The van der Waals surface area contributed by atoms with Crippen molar-refractivity contribution in [1.82, 2.24) is 14.9 Å². The third kappa shape index (κ3) is 4.12. The van der Waals surface area contributed by atoms with E-state index in [0.29, 0.717) is 24.5 Å². The highest BCUT2D eigenvalue weighted by Gasteiger charge is 2.23. The first-order valence-electron chi connectivity index (χ1n) is 9.17. The summed E-state index contributed by atoms with van der Waals surface area (Å²) in [5.41, 5.74) is 2.57. The van der Waals surface area contributed by atoms with Crippen LogP contribution in [-0.4, -0.2) is 53.6 Å². The van der Waals surface area contributed by atoms with E-state index < -0.39 is 0 Å². The van der Waals surface area contributed by atoms with E-state index in [0.717, 1.165) is 43.4 Å². The van der Waals surface area contributed by atoms with E-state index in [1.165, 1.54) is 0 Å². The Balaban J connectivity index is 1.73. The van der Waals surface area contributed by atoms with Crippen LogP contribution in [0, 0.1) is 13.8 Å². The van der Waals surface area contributed by atoms with Gasteiger partial charge in [0.2, 0.25) is 5.95 Å². The maximum atomic E-state index is 13.0. The highest BCUT2D eigenvalue weighted by molar-refractivity contribution is 5.97. The number of aromatic nitrogens is 2. The summed E-state index contributed by atoms with van der Waals surface area (Å²) >= 11 is 0. The van der Waals surface area contributed by atoms with Gasteiger partial charge in [0.05, 0.1) is 12.2 Å². The summed E-state index contributed by atoms with van der Waals surface area (Å²) in [6, 6.07) is 9.43. The zero-order valence-corrected chi connectivity index (χ0v) is 15.7. The highest BCUT2D eigenvalue weighted by atomic mass is 16.5. The first kappa shape index (κ1) is 18.2. The second-order valence-electron chi connectivity index (χ2n) is 6.51. The Hall–Kier alpha value is -2.63. The van der Waals surface area contributed by atoms with E-state index in [1.807, 2.05) is 56.0 Å². The first-order valence-corrected chi connectivity index (χ1v) is 9.17. The Kier molecular flexibility index (Phi) is 5.71. The van der Waals surface area contributed by atoms with Crippen molar-refractivity contribution < 1.29 is 9.53 Å². The van der Waals surface area contributed by atoms with E-state index >= 15 is 0 Å². The van der Waals surface area contributed by atoms with E-state index in [2.05, 4.69) is 14.9 Å². The van der Waals surface area contributed by atoms with Crippen LogP contribution in [0.25, 0.3) is 0 Å². The van der Waals surface area contributed by atoms with Crippen LogP contribution in [0.15, 0.2) is 30.3 Å². The largest absolute Gasteiger partial charge is 0.493 e. The molecule has 1 saturated heterocycles. The summed E-state index contributed by atoms with van der Waals surface area (Å²) in [6.07, 6.45) is 0.888. The Morgan fingerprint density at radius 3 is 2.54 bits per heavy atom. The lowest BCUT2D eigenvalue weighted by atomic mass is 10.1. The predicted octanol–water partition coefficient (Wildman–Crippen LogP) is 2.84. The van der Waals surface area contributed by atoms with Gasteiger partial charge in [0.25, 0.3) is 5.91 Å². The van der Waals surface area contributed by atoms with Gasteiger partial charge in [-0.2, -0.15) is 0 Å². The molecule has 0 bridgehead atoms. The fourth-order valence-corrected chi connectivity index (χ4v) is 3.26. The molecule has 0 N–H and O–H groups in total. The number of ether oxygens (including phenoxy) is 1. The number of benzene rings is 1. The lowest BCUT2D eigenvalue weighted by Crippen LogP contribution is -2.35. The van der Waals surface area contributed by atoms with Gasteiger partial charge in [0.1, 0.15) is 5.75 Å². The third-order valence-corrected chi connectivity index (χ3v) is 4.45. The van der Waals surface area contributed by atoms with Crippen molar-refractivity contribution in [3.05, 3.63) is 47.3 Å². The lowest BCUT2D eigenvalue weighted by Gasteiger charge is -2.23. The average Bonchev–Trinajstić information content (AvgIpc) is 2.87. The number of carbonyl (C=O) groups is 1. The second kappa shape index (κ2) is 8.17. The van der Waals surface area contributed by atoms with Gasteiger partial charge in [0, 0.05) is 37.6 Å². The van der Waals surface area contributed by atoms with E-state index in [-0.39, 0.29) is 5.91 Å². The van der Waals surface area contributed by atoms with E-state index in [4.69, 9.17) is 4.74 Å². The molecular weight excluding hydrogens is 328 g/mol. The van der Waals surface area contributed by atoms with Gasteiger partial charge in [-0.05, 0) is 45.4 Å². The average molecular weight is 354 g/mol. The van der Waals surface area contributed by atoms with Crippen LogP contribution in [0.3, 0.4) is 0 Å². The minimum atomic E-state index is 0.0252. The number of carbonyl (C=O) groups excluding carboxylic acids is 1. The molecule has 0 atom stereocenters. The van der Waals surface area contributed by atoms with Gasteiger partial charge in [-0.1, -0.05) is 12.1 Å². The Bertz CT molecular complexity index is 758. The van der Waals surface area contributed by atoms with Crippen molar-refractivity contribution >= 4 is 11.9 Å². The molecule has 6 heteroatoms. The number of anilines is 1. The van der Waals surface area contributed by atoms with Gasteiger partial charge in [-0.25, -0.2) is 9.97 Å². The van der Waals surface area contributed by atoms with Crippen LogP contribution in [0.5, 0.6) is 5.75 Å². The standard InChI is InChI=1S/C20H26N4O2/c1-4-26-18-9-6-5-8-17(18)19(25)23-10-7-11-24(13-12-23)20-21-15(2)14-16(3)22-20/h5-6,8-9,14H,4,7,10-13H2,1-3H3. The number of amides is 1. The molecule has 2 aromatic rings. The number of aryl methyl sites for hydroxylation is 2. The van der Waals surface area contributed by atoms with Crippen LogP contribution in [0.4, 0.5) is 5.95 Å². The fraction of sp³-hybridized carbons (Fsp3) is 0.450. The number of para-hydroxylation sites is 1. The number of hydrogen-bond acceptors (Lipinski definition) is 5. The van der Waals surface area contributed by atoms with Crippen molar-refractivity contribution in [2.45, 2.75) is 27.2 Å². The van der Waals surface area contributed by atoms with Crippen molar-refractivity contribution in [2.24, 2.45) is 0 Å². The normalized spacial score (nSPS) is 14.9. The smallest absolute Gasteiger partial charge is 0.257 e. The van der Waals surface area contributed by atoms with Crippen molar-refractivity contribution in [1.29, 1.82) is 0 Å². The van der Waals surface area contributed by atoms with Gasteiger partial charge in [-0.15, -0.1) is 0 Å². The molecule has 0 aliphatic carbocycles. The molecule has 0 saturated carbocycles. The molecule has 1 amide bonds. The molecule has 1 fully saturated rings. The molecule has 1 aromatic heterocycles. The summed E-state index contributed by atoms with van der Waals surface area (Å²) in [5, 5.41) is 0. The second-order valence-corrected chi connectivity index (χ2v) is 6.51. The third-order valence-electron chi connectivity index (χ3n) is 4.45. The maximum Gasteiger partial charge on any atom is 0.257 e. The quantitative estimate of drug-likeness (QED) is 0.845. The summed E-state index contributed by atoms with van der Waals surface area (Å²) in [5.74, 6) is 1.43. The molecule has 1 aliphatic rings. The highest BCUT2D eigenvalue weighted by Crippen LogP contribution is 2.21. The topological polar surface area (TPSA) is 58.6 Å². The van der Waals surface area contributed by atoms with Crippen LogP contribution in [0.1, 0.15) is 35.1 Å². The predicted molar refractivity (Wildman–Crippen MR) is 102 cm³/mol. The van der Waals surface area contributed by atoms with Crippen molar-refractivity contribution in [3.63, 3.8) is 0 Å². The summed E-state index contributed by atoms with van der Waals surface area (Å²) in [6.45, 7) is 9.38. The summed E-state index contributed by atoms with van der Waals surface area (Å²) in [7, 11) is 0. The molecule has 26 heavy (non-hydrogen) atoms. The number of hydrogen-bond donors (Lipinski definition) is 0. The molecule has 6 nitrogen and oxygen atoms in total. The van der Waals surface area contributed by atoms with Crippen LogP contribution >= 0.6 is 0 Å². The van der Waals surface area contributed by atoms with Gasteiger partial charge >= 0.3 is 0 Å². The SMILES string of the molecule is CCOc1ccccc1C(=O)N1CCCN(c2nc(C)cc(C)n2)CC1. The van der Waals surface area contributed by atoms with Gasteiger partial charge in [0.15, 0.2) is 0 Å². The van der Waals surface area contributed by atoms with Gasteiger partial charge in [-0.3, -0.25) is 4.79 Å². The fourth-order valence-electron chi connectivity index (χ4n) is 3.26. The molecule has 138 valence electrons. The molecule has 0 radical (unpaired) electrons. The van der Waals surface area contributed by atoms with Crippen LogP contribution in [0.2, 0.25) is 0 Å². The maximum absolute atomic E-state index is 13.0. The monoisotopic (exact) mass is 354 g/mol. The molecular formula is C20H26N4O2. The molecule has 1 aliphatic heterocycles. The summed E-state index contributed by atoms with van der Waals surface area (Å²) in [4.78, 5) is 26.2. The minimum absolute atomic E-state index is 0.0252. The first-order chi connectivity index (χ1) is 12.6. The van der Waals surface area contributed by atoms with Crippen molar-refractivity contribution in [2.75, 3.05) is 37.7 Å². The minimum Gasteiger partial charge on any atom is -0.493 e. The van der Waals surface area contributed by atoms with Gasteiger partial charge < -0.3 is 14.5 Å². The molecule has 0 spiro atoms. The Morgan fingerprint density at radius 2 is 1.81 bits per heavy atom. The lowest BCUT2D eigenvalue weighted by molar-refractivity contribution is 0.0763. The molecule has 3 rings (SSSR count). The zero-order chi connectivity index (χ0) is 18.5. The van der Waals surface area contributed by atoms with E-state index in [1.54, 1.807) is 0 Å². The number of nitrogens with zero attached hydrogens (tertiary/aromatic N) is 4. The Morgan fingerprint density at radius 1 is 1.08 bits per heavy atom. The molecule has 2 heterocycles. The van der Waals surface area contributed by atoms with Crippen LogP contribution in [-0.2, 0) is 0 Å². The Labute approximate surface area is 154 Å². The molecule has 0 unspecified atom stereocenters. The zero-order valence-electron chi connectivity index (χ0n) is 15.7. The van der Waals surface area contributed by atoms with Crippen molar-refractivity contribution in [3.8, 4) is 5.75 Å². The molecule has 1 aromatic carbocycles.